The average molecular weight is 350 g/mol. The number of aryl methyl sites for hydroxylation is 1. The van der Waals surface area contributed by atoms with Gasteiger partial charge in [-0.3, -0.25) is 4.79 Å². The predicted molar refractivity (Wildman–Crippen MR) is 86.7 cm³/mol. The number of hydrogen-bond acceptors (Lipinski definition) is 4. The molecule has 2 rings (SSSR count). The van der Waals surface area contributed by atoms with E-state index in [-0.39, 0.29) is 23.7 Å². The maximum atomic E-state index is 12.4. The van der Waals surface area contributed by atoms with E-state index in [9.17, 15) is 13.2 Å². The van der Waals surface area contributed by atoms with Crippen molar-refractivity contribution < 1.29 is 13.2 Å². The number of rotatable bonds is 7. The topological polar surface area (TPSA) is 54.5 Å². The van der Waals surface area contributed by atoms with Crippen LogP contribution < -0.4 is 0 Å². The summed E-state index contributed by atoms with van der Waals surface area (Å²) in [5.74, 6) is 0.0678. The molecule has 0 bridgehead atoms. The maximum absolute atomic E-state index is 12.4. The summed E-state index contributed by atoms with van der Waals surface area (Å²) in [5.41, 5.74) is 0. The lowest BCUT2D eigenvalue weighted by molar-refractivity contribution is -0.133. The van der Waals surface area contributed by atoms with Gasteiger partial charge in [0.1, 0.15) is 9.84 Å². The Morgan fingerprint density at radius 3 is 2.62 bits per heavy atom. The number of nitrogens with zero attached hydrogens (tertiary/aromatic N) is 1. The van der Waals surface area contributed by atoms with Gasteiger partial charge in [0.15, 0.2) is 0 Å². The van der Waals surface area contributed by atoms with Crippen molar-refractivity contribution in [2.24, 2.45) is 0 Å². The molecular weight excluding hydrogens is 330 g/mol. The summed E-state index contributed by atoms with van der Waals surface area (Å²) < 4.78 is 23.6. The Bertz CT molecular complexity index is 607. The zero-order valence-corrected chi connectivity index (χ0v) is 14.6. The maximum Gasteiger partial charge on any atom is 0.223 e. The molecule has 1 aromatic rings. The third kappa shape index (κ3) is 5.27. The monoisotopic (exact) mass is 349 g/mol. The second-order valence-electron chi connectivity index (χ2n) is 5.68. The van der Waals surface area contributed by atoms with Crippen LogP contribution in [0.3, 0.4) is 0 Å². The largest absolute Gasteiger partial charge is 0.336 e. The SMILES string of the molecule is C[C@H](CS(C)(=O)=O)N(C(=O)CCc1ccc(Cl)s1)C1CC1. The molecule has 0 spiro atoms. The zero-order valence-electron chi connectivity index (χ0n) is 12.2. The quantitative estimate of drug-likeness (QED) is 0.760. The number of carbonyl (C=O) groups is 1. The molecular formula is C14H20ClNO3S2. The van der Waals surface area contributed by atoms with E-state index in [1.165, 1.54) is 17.6 Å². The molecule has 0 aliphatic heterocycles. The van der Waals surface area contributed by atoms with Crippen LogP contribution in [0.1, 0.15) is 31.1 Å². The van der Waals surface area contributed by atoms with E-state index in [1.807, 2.05) is 19.1 Å². The van der Waals surface area contributed by atoms with Gasteiger partial charge in [-0.2, -0.15) is 0 Å². The van der Waals surface area contributed by atoms with Gasteiger partial charge in [-0.05, 0) is 38.3 Å². The van der Waals surface area contributed by atoms with Crippen LogP contribution in [0.5, 0.6) is 0 Å². The van der Waals surface area contributed by atoms with Crippen molar-refractivity contribution in [1.82, 2.24) is 4.90 Å². The van der Waals surface area contributed by atoms with Crippen LogP contribution in [0, 0.1) is 0 Å². The molecule has 1 amide bonds. The van der Waals surface area contributed by atoms with Crippen molar-refractivity contribution in [2.45, 2.75) is 44.7 Å². The van der Waals surface area contributed by atoms with Gasteiger partial charge in [0.25, 0.3) is 0 Å². The number of thiophene rings is 1. The number of carbonyl (C=O) groups excluding carboxylic acids is 1. The third-order valence-corrected chi connectivity index (χ3v) is 5.84. The fourth-order valence-electron chi connectivity index (χ4n) is 2.53. The molecule has 1 fully saturated rings. The smallest absolute Gasteiger partial charge is 0.223 e. The Labute approximate surface area is 135 Å². The minimum atomic E-state index is -3.08. The van der Waals surface area contributed by atoms with E-state index < -0.39 is 9.84 Å². The van der Waals surface area contributed by atoms with Gasteiger partial charge in [0.05, 0.1) is 10.1 Å². The van der Waals surface area contributed by atoms with Crippen molar-refractivity contribution in [3.8, 4) is 0 Å². The second kappa shape index (κ2) is 6.67. The van der Waals surface area contributed by atoms with Crippen LogP contribution in [0.25, 0.3) is 0 Å². The van der Waals surface area contributed by atoms with E-state index >= 15 is 0 Å². The van der Waals surface area contributed by atoms with Crippen LogP contribution in [-0.2, 0) is 21.1 Å². The summed E-state index contributed by atoms with van der Waals surface area (Å²) in [4.78, 5) is 15.3. The molecule has 7 heteroatoms. The minimum absolute atomic E-state index is 0.0278. The first-order valence-electron chi connectivity index (χ1n) is 6.99. The fourth-order valence-corrected chi connectivity index (χ4v) is 4.65. The second-order valence-corrected chi connectivity index (χ2v) is 9.66. The highest BCUT2D eigenvalue weighted by molar-refractivity contribution is 7.90. The normalized spacial score (nSPS) is 16.7. The Hall–Kier alpha value is -0.590. The van der Waals surface area contributed by atoms with E-state index in [1.54, 1.807) is 4.90 Å². The van der Waals surface area contributed by atoms with Gasteiger partial charge in [-0.1, -0.05) is 11.6 Å². The Kier molecular flexibility index (Phi) is 5.33. The Balaban J connectivity index is 1.96. The van der Waals surface area contributed by atoms with E-state index in [0.717, 1.165) is 22.1 Å². The average Bonchev–Trinajstić information content (AvgIpc) is 3.07. The predicted octanol–water partition coefficient (Wildman–Crippen LogP) is 2.76. The molecule has 0 saturated heterocycles. The number of amides is 1. The summed E-state index contributed by atoms with van der Waals surface area (Å²) >= 11 is 7.36. The molecule has 0 aromatic carbocycles. The first kappa shape index (κ1) is 16.8. The van der Waals surface area contributed by atoms with Crippen LogP contribution in [0.15, 0.2) is 12.1 Å². The highest BCUT2D eigenvalue weighted by Gasteiger charge is 2.36. The van der Waals surface area contributed by atoms with Gasteiger partial charge in [0.2, 0.25) is 5.91 Å². The van der Waals surface area contributed by atoms with Crippen molar-refractivity contribution in [3.05, 3.63) is 21.3 Å². The summed E-state index contributed by atoms with van der Waals surface area (Å²) in [6, 6.07) is 3.73. The molecule has 1 aromatic heterocycles. The van der Waals surface area contributed by atoms with Crippen molar-refractivity contribution >= 4 is 38.7 Å². The molecule has 21 heavy (non-hydrogen) atoms. The van der Waals surface area contributed by atoms with Gasteiger partial charge in [0, 0.05) is 29.6 Å². The molecule has 1 atom stereocenters. The molecule has 1 aliphatic rings. The first-order valence-corrected chi connectivity index (χ1v) is 10.2. The van der Waals surface area contributed by atoms with E-state index in [4.69, 9.17) is 11.6 Å². The van der Waals surface area contributed by atoms with Gasteiger partial charge >= 0.3 is 0 Å². The summed E-state index contributed by atoms with van der Waals surface area (Å²) in [5, 5.41) is 0. The molecule has 4 nitrogen and oxygen atoms in total. The van der Waals surface area contributed by atoms with Crippen molar-refractivity contribution in [1.29, 1.82) is 0 Å². The van der Waals surface area contributed by atoms with Gasteiger partial charge in [-0.25, -0.2) is 8.42 Å². The summed E-state index contributed by atoms with van der Waals surface area (Å²) in [6.07, 6.45) is 4.23. The minimum Gasteiger partial charge on any atom is -0.336 e. The molecule has 0 radical (unpaired) electrons. The molecule has 1 saturated carbocycles. The zero-order chi connectivity index (χ0) is 15.6. The van der Waals surface area contributed by atoms with Crippen molar-refractivity contribution in [3.63, 3.8) is 0 Å². The van der Waals surface area contributed by atoms with E-state index in [0.29, 0.717) is 12.8 Å². The Morgan fingerprint density at radius 1 is 1.48 bits per heavy atom. The fraction of sp³-hybridized carbons (Fsp3) is 0.643. The standard InChI is InChI=1S/C14H20ClNO3S2/c1-10(9-21(2,18)19)16(11-3-4-11)14(17)8-6-12-5-7-13(15)20-12/h5,7,10-11H,3-4,6,8-9H2,1-2H3/t10-/m1/s1. The highest BCUT2D eigenvalue weighted by Crippen LogP contribution is 2.30. The number of hydrogen-bond donors (Lipinski definition) is 0. The first-order chi connectivity index (χ1) is 9.76. The summed E-state index contributed by atoms with van der Waals surface area (Å²) in [7, 11) is -3.08. The number of halogens is 1. The lowest BCUT2D eigenvalue weighted by Gasteiger charge is -2.29. The lowest BCUT2D eigenvalue weighted by Crippen LogP contribution is -2.43. The van der Waals surface area contributed by atoms with Crippen LogP contribution in [0.2, 0.25) is 4.34 Å². The molecule has 1 heterocycles. The van der Waals surface area contributed by atoms with Gasteiger partial charge < -0.3 is 4.90 Å². The molecule has 1 aliphatic carbocycles. The third-order valence-electron chi connectivity index (χ3n) is 3.46. The van der Waals surface area contributed by atoms with Gasteiger partial charge in [-0.15, -0.1) is 11.3 Å². The highest BCUT2D eigenvalue weighted by atomic mass is 35.5. The molecule has 0 unspecified atom stereocenters. The molecule has 0 N–H and O–H groups in total. The summed E-state index contributed by atoms with van der Waals surface area (Å²) in [6.45, 7) is 1.82. The van der Waals surface area contributed by atoms with Crippen LogP contribution in [-0.4, -0.2) is 43.3 Å². The van der Waals surface area contributed by atoms with Crippen LogP contribution >= 0.6 is 22.9 Å². The number of sulfone groups is 1. The Morgan fingerprint density at radius 2 is 2.14 bits per heavy atom. The van der Waals surface area contributed by atoms with Crippen molar-refractivity contribution in [2.75, 3.05) is 12.0 Å². The lowest BCUT2D eigenvalue weighted by atomic mass is 10.2. The van der Waals surface area contributed by atoms with Crippen LogP contribution in [0.4, 0.5) is 0 Å². The molecule has 118 valence electrons. The van der Waals surface area contributed by atoms with E-state index in [2.05, 4.69) is 0 Å².